The zero-order valence-corrected chi connectivity index (χ0v) is 12.8. The third kappa shape index (κ3) is 3.48. The lowest BCUT2D eigenvalue weighted by Gasteiger charge is -2.35. The predicted molar refractivity (Wildman–Crippen MR) is 82.7 cm³/mol. The molecule has 1 fully saturated rings. The SMILES string of the molecule is CCCN1CCN(CC(N)c2ccc3c(c2)OCO3)CC1. The van der Waals surface area contributed by atoms with Crippen molar-refractivity contribution in [1.82, 2.24) is 9.80 Å². The number of piperazine rings is 1. The number of benzene rings is 1. The van der Waals surface area contributed by atoms with E-state index in [1.165, 1.54) is 13.0 Å². The monoisotopic (exact) mass is 291 g/mol. The fourth-order valence-electron chi connectivity index (χ4n) is 3.04. The van der Waals surface area contributed by atoms with Gasteiger partial charge in [0.05, 0.1) is 0 Å². The minimum absolute atomic E-state index is 0.0252. The summed E-state index contributed by atoms with van der Waals surface area (Å²) in [5.41, 5.74) is 7.48. The van der Waals surface area contributed by atoms with Gasteiger partial charge in [0, 0.05) is 38.8 Å². The van der Waals surface area contributed by atoms with Gasteiger partial charge in [-0.3, -0.25) is 4.90 Å². The molecule has 1 atom stereocenters. The minimum Gasteiger partial charge on any atom is -0.454 e. The second kappa shape index (κ2) is 6.64. The molecule has 0 saturated carbocycles. The van der Waals surface area contributed by atoms with Crippen molar-refractivity contribution < 1.29 is 9.47 Å². The van der Waals surface area contributed by atoms with Crippen LogP contribution in [0.2, 0.25) is 0 Å². The molecule has 2 heterocycles. The van der Waals surface area contributed by atoms with E-state index >= 15 is 0 Å². The molecule has 5 nitrogen and oxygen atoms in total. The fraction of sp³-hybridized carbons (Fsp3) is 0.625. The van der Waals surface area contributed by atoms with E-state index in [0.717, 1.165) is 49.8 Å². The van der Waals surface area contributed by atoms with Gasteiger partial charge >= 0.3 is 0 Å². The van der Waals surface area contributed by atoms with Crippen LogP contribution in [0.3, 0.4) is 0 Å². The predicted octanol–water partition coefficient (Wildman–Crippen LogP) is 1.44. The summed E-state index contributed by atoms with van der Waals surface area (Å²) >= 11 is 0. The molecule has 2 N–H and O–H groups in total. The van der Waals surface area contributed by atoms with E-state index in [9.17, 15) is 0 Å². The van der Waals surface area contributed by atoms with Crippen molar-refractivity contribution in [2.45, 2.75) is 19.4 Å². The Labute approximate surface area is 126 Å². The van der Waals surface area contributed by atoms with Gasteiger partial charge in [0.2, 0.25) is 6.79 Å². The third-order valence-electron chi connectivity index (χ3n) is 4.28. The number of nitrogens with zero attached hydrogens (tertiary/aromatic N) is 2. The number of fused-ring (bicyclic) bond motifs is 1. The molecule has 1 aromatic carbocycles. The molecule has 0 spiro atoms. The van der Waals surface area contributed by atoms with Crippen LogP contribution in [-0.2, 0) is 0 Å². The summed E-state index contributed by atoms with van der Waals surface area (Å²) in [6.45, 7) is 9.19. The molecular formula is C16H25N3O2. The molecule has 5 heteroatoms. The molecule has 1 aromatic rings. The lowest BCUT2D eigenvalue weighted by atomic mass is 10.1. The summed E-state index contributed by atoms with van der Waals surface area (Å²) in [6, 6.07) is 6.04. The maximum Gasteiger partial charge on any atom is 0.231 e. The average Bonchev–Trinajstić information content (AvgIpc) is 2.97. The number of ether oxygens (including phenoxy) is 2. The van der Waals surface area contributed by atoms with Crippen molar-refractivity contribution >= 4 is 0 Å². The van der Waals surface area contributed by atoms with Crippen LogP contribution in [0, 0.1) is 0 Å². The van der Waals surface area contributed by atoms with Crippen molar-refractivity contribution in [2.75, 3.05) is 46.1 Å². The van der Waals surface area contributed by atoms with E-state index < -0.39 is 0 Å². The van der Waals surface area contributed by atoms with Gasteiger partial charge in [-0.1, -0.05) is 13.0 Å². The van der Waals surface area contributed by atoms with Crippen LogP contribution in [0.5, 0.6) is 11.5 Å². The van der Waals surface area contributed by atoms with Crippen LogP contribution in [0.1, 0.15) is 24.9 Å². The summed E-state index contributed by atoms with van der Waals surface area (Å²) in [4.78, 5) is 4.99. The minimum atomic E-state index is 0.0252. The standard InChI is InChI=1S/C16H25N3O2/c1-2-5-18-6-8-19(9-7-18)11-14(17)13-3-4-15-16(10-13)21-12-20-15/h3-4,10,14H,2,5-9,11-12,17H2,1H3. The average molecular weight is 291 g/mol. The van der Waals surface area contributed by atoms with E-state index in [0.29, 0.717) is 6.79 Å². The quantitative estimate of drug-likeness (QED) is 0.890. The normalized spacial score (nSPS) is 20.7. The Morgan fingerprint density at radius 2 is 1.81 bits per heavy atom. The van der Waals surface area contributed by atoms with Gasteiger partial charge in [0.25, 0.3) is 0 Å². The molecule has 21 heavy (non-hydrogen) atoms. The van der Waals surface area contributed by atoms with Gasteiger partial charge in [0.15, 0.2) is 11.5 Å². The van der Waals surface area contributed by atoms with Crippen molar-refractivity contribution in [1.29, 1.82) is 0 Å². The fourth-order valence-corrected chi connectivity index (χ4v) is 3.04. The summed E-state index contributed by atoms with van der Waals surface area (Å²) in [5.74, 6) is 1.63. The van der Waals surface area contributed by atoms with E-state index in [1.54, 1.807) is 0 Å². The molecule has 2 aliphatic heterocycles. The first-order valence-corrected chi connectivity index (χ1v) is 7.86. The maximum atomic E-state index is 6.36. The van der Waals surface area contributed by atoms with E-state index in [-0.39, 0.29) is 6.04 Å². The highest BCUT2D eigenvalue weighted by Crippen LogP contribution is 2.33. The van der Waals surface area contributed by atoms with Crippen LogP contribution >= 0.6 is 0 Å². The second-order valence-electron chi connectivity index (χ2n) is 5.86. The van der Waals surface area contributed by atoms with Crippen molar-refractivity contribution in [2.24, 2.45) is 5.73 Å². The van der Waals surface area contributed by atoms with E-state index in [1.807, 2.05) is 18.2 Å². The number of rotatable bonds is 5. The zero-order chi connectivity index (χ0) is 14.7. The van der Waals surface area contributed by atoms with Crippen LogP contribution < -0.4 is 15.2 Å². The Hall–Kier alpha value is -1.30. The molecule has 0 amide bonds. The Kier molecular flexibility index (Phi) is 4.63. The Morgan fingerprint density at radius 3 is 2.57 bits per heavy atom. The largest absolute Gasteiger partial charge is 0.454 e. The molecule has 2 aliphatic rings. The van der Waals surface area contributed by atoms with Crippen molar-refractivity contribution in [3.63, 3.8) is 0 Å². The molecule has 1 unspecified atom stereocenters. The first-order valence-electron chi connectivity index (χ1n) is 7.86. The number of hydrogen-bond donors (Lipinski definition) is 1. The first-order chi connectivity index (χ1) is 10.3. The van der Waals surface area contributed by atoms with Crippen molar-refractivity contribution in [3.05, 3.63) is 23.8 Å². The van der Waals surface area contributed by atoms with Gasteiger partial charge in [-0.2, -0.15) is 0 Å². The molecule has 3 rings (SSSR count). The highest BCUT2D eigenvalue weighted by Gasteiger charge is 2.20. The summed E-state index contributed by atoms with van der Waals surface area (Å²) in [7, 11) is 0. The van der Waals surface area contributed by atoms with Gasteiger partial charge in [-0.25, -0.2) is 0 Å². The third-order valence-corrected chi connectivity index (χ3v) is 4.28. The molecule has 0 bridgehead atoms. The zero-order valence-electron chi connectivity index (χ0n) is 12.8. The summed E-state index contributed by atoms with van der Waals surface area (Å²) < 4.78 is 10.8. The lowest BCUT2D eigenvalue weighted by Crippen LogP contribution is -2.48. The van der Waals surface area contributed by atoms with Gasteiger partial charge in [-0.05, 0) is 30.7 Å². The molecule has 1 saturated heterocycles. The maximum absolute atomic E-state index is 6.36. The van der Waals surface area contributed by atoms with Crippen LogP contribution in [0.15, 0.2) is 18.2 Å². The van der Waals surface area contributed by atoms with Gasteiger partial charge < -0.3 is 20.1 Å². The van der Waals surface area contributed by atoms with Crippen molar-refractivity contribution in [3.8, 4) is 11.5 Å². The molecule has 0 aromatic heterocycles. The van der Waals surface area contributed by atoms with Gasteiger partial charge in [0.1, 0.15) is 0 Å². The second-order valence-corrected chi connectivity index (χ2v) is 5.86. The smallest absolute Gasteiger partial charge is 0.231 e. The van der Waals surface area contributed by atoms with Crippen LogP contribution in [0.25, 0.3) is 0 Å². The first kappa shape index (κ1) is 14.6. The number of nitrogens with two attached hydrogens (primary N) is 1. The van der Waals surface area contributed by atoms with Crippen LogP contribution in [0.4, 0.5) is 0 Å². The van der Waals surface area contributed by atoms with Crippen LogP contribution in [-0.4, -0.2) is 55.9 Å². The number of hydrogen-bond acceptors (Lipinski definition) is 5. The summed E-state index contributed by atoms with van der Waals surface area (Å²) in [6.07, 6.45) is 1.23. The van der Waals surface area contributed by atoms with E-state index in [4.69, 9.17) is 15.2 Å². The lowest BCUT2D eigenvalue weighted by molar-refractivity contribution is 0.127. The topological polar surface area (TPSA) is 51.0 Å². The van der Waals surface area contributed by atoms with Gasteiger partial charge in [-0.15, -0.1) is 0 Å². The molecule has 0 aliphatic carbocycles. The Bertz CT molecular complexity index is 473. The highest BCUT2D eigenvalue weighted by molar-refractivity contribution is 5.45. The Morgan fingerprint density at radius 1 is 1.10 bits per heavy atom. The molecule has 116 valence electrons. The van der Waals surface area contributed by atoms with E-state index in [2.05, 4.69) is 16.7 Å². The highest BCUT2D eigenvalue weighted by atomic mass is 16.7. The molecular weight excluding hydrogens is 266 g/mol. The Balaban J connectivity index is 1.53. The summed E-state index contributed by atoms with van der Waals surface area (Å²) in [5, 5.41) is 0. The molecule has 0 radical (unpaired) electrons.